The summed E-state index contributed by atoms with van der Waals surface area (Å²) < 4.78 is 0. The second-order valence-electron chi connectivity index (χ2n) is 8.16. The van der Waals surface area contributed by atoms with Gasteiger partial charge in [0.25, 0.3) is 0 Å². The third-order valence-electron chi connectivity index (χ3n) is 3.99. The lowest BCUT2D eigenvalue weighted by Gasteiger charge is -2.33. The molecule has 0 spiro atoms. The molecule has 1 atom stereocenters. The Morgan fingerprint density at radius 2 is 1.45 bits per heavy atom. The van der Waals surface area contributed by atoms with Crippen LogP contribution in [-0.4, -0.2) is 13.1 Å². The highest BCUT2D eigenvalue weighted by Gasteiger charge is 2.24. The highest BCUT2D eigenvalue weighted by atomic mass is 31.0. The highest BCUT2D eigenvalue weighted by molar-refractivity contribution is 7.28. The van der Waals surface area contributed by atoms with Crippen molar-refractivity contribution in [1.29, 1.82) is 0 Å². The molecule has 0 fully saturated rings. The minimum Gasteiger partial charge on any atom is -0.372 e. The van der Waals surface area contributed by atoms with Gasteiger partial charge in [-0.25, -0.2) is 0 Å². The van der Waals surface area contributed by atoms with Crippen LogP contribution >= 0.6 is 9.24 Å². The van der Waals surface area contributed by atoms with E-state index in [1.165, 1.54) is 22.1 Å². The van der Waals surface area contributed by atoms with Gasteiger partial charge in [0.15, 0.2) is 0 Å². The van der Waals surface area contributed by atoms with Crippen LogP contribution in [0.5, 0.6) is 0 Å². The van der Waals surface area contributed by atoms with E-state index in [1.54, 1.807) is 0 Å². The van der Waals surface area contributed by atoms with Gasteiger partial charge in [-0.1, -0.05) is 47.6 Å². The van der Waals surface area contributed by atoms with Crippen molar-refractivity contribution in [3.8, 4) is 0 Å². The number of benzene rings is 1. The fraction of sp³-hybridized carbons (Fsp3) is 0.667. The Balaban J connectivity index is 3.60. The highest BCUT2D eigenvalue weighted by Crippen LogP contribution is 2.33. The van der Waals surface area contributed by atoms with Crippen LogP contribution in [-0.2, 0) is 10.8 Å². The first-order valence-electron chi connectivity index (χ1n) is 7.53. The molecule has 1 rings (SSSR count). The lowest BCUT2D eigenvalue weighted by atomic mass is 9.80. The lowest BCUT2D eigenvalue weighted by molar-refractivity contribution is 0.570. The molecule has 0 aliphatic rings. The Morgan fingerprint density at radius 3 is 1.80 bits per heavy atom. The molecule has 0 saturated carbocycles. The van der Waals surface area contributed by atoms with E-state index in [-0.39, 0.29) is 10.8 Å². The molecule has 0 saturated heterocycles. The van der Waals surface area contributed by atoms with E-state index in [0.29, 0.717) is 6.04 Å². The van der Waals surface area contributed by atoms with Gasteiger partial charge in [0, 0.05) is 18.8 Å². The Hall–Kier alpha value is -0.550. The predicted molar refractivity (Wildman–Crippen MR) is 96.7 cm³/mol. The minimum absolute atomic E-state index is 0.158. The topological polar surface area (TPSA) is 3.24 Å². The zero-order valence-electron chi connectivity index (χ0n) is 14.8. The molecule has 2 heteroatoms. The number of nitrogens with zero attached hydrogens (tertiary/aromatic N) is 1. The standard InChI is InChI=1S/C18H32NP/c1-12(2)19(9)15-11-13(17(3,4)5)10-14(16(15)20)18(6,7)8/h10-12H,20H2,1-9H3. The average molecular weight is 293 g/mol. The molecule has 0 radical (unpaired) electrons. The average Bonchev–Trinajstić information content (AvgIpc) is 2.24. The first-order valence-corrected chi connectivity index (χ1v) is 8.10. The van der Waals surface area contributed by atoms with E-state index in [1.807, 2.05) is 0 Å². The zero-order chi connectivity index (χ0) is 15.9. The molecule has 114 valence electrons. The Bertz CT molecular complexity index is 475. The monoisotopic (exact) mass is 293 g/mol. The van der Waals surface area contributed by atoms with Crippen LogP contribution in [0.4, 0.5) is 5.69 Å². The molecule has 0 heterocycles. The van der Waals surface area contributed by atoms with E-state index in [0.717, 1.165) is 0 Å². The number of anilines is 1. The zero-order valence-corrected chi connectivity index (χ0v) is 15.9. The van der Waals surface area contributed by atoms with Crippen molar-refractivity contribution in [1.82, 2.24) is 0 Å². The Labute approximate surface area is 128 Å². The van der Waals surface area contributed by atoms with E-state index >= 15 is 0 Å². The van der Waals surface area contributed by atoms with Crippen LogP contribution in [0.25, 0.3) is 0 Å². The van der Waals surface area contributed by atoms with Crippen molar-refractivity contribution in [2.24, 2.45) is 0 Å². The van der Waals surface area contributed by atoms with Gasteiger partial charge in [-0.2, -0.15) is 0 Å². The van der Waals surface area contributed by atoms with Crippen LogP contribution in [0.15, 0.2) is 12.1 Å². The van der Waals surface area contributed by atoms with Gasteiger partial charge < -0.3 is 4.90 Å². The van der Waals surface area contributed by atoms with Crippen LogP contribution < -0.4 is 10.2 Å². The van der Waals surface area contributed by atoms with Gasteiger partial charge in [-0.3, -0.25) is 0 Å². The number of hydrogen-bond acceptors (Lipinski definition) is 1. The quantitative estimate of drug-likeness (QED) is 0.719. The maximum absolute atomic E-state index is 2.97. The molecule has 0 amide bonds. The summed E-state index contributed by atoms with van der Waals surface area (Å²) in [6.07, 6.45) is 0. The van der Waals surface area contributed by atoms with Gasteiger partial charge in [-0.05, 0) is 47.2 Å². The summed E-state index contributed by atoms with van der Waals surface area (Å²) in [5.41, 5.74) is 4.51. The van der Waals surface area contributed by atoms with Crippen molar-refractivity contribution < 1.29 is 0 Å². The molecule has 0 aliphatic carbocycles. The van der Waals surface area contributed by atoms with Crippen LogP contribution in [0.2, 0.25) is 0 Å². The number of hydrogen-bond donors (Lipinski definition) is 0. The molecule has 20 heavy (non-hydrogen) atoms. The molecule has 1 aromatic rings. The molecule has 1 unspecified atom stereocenters. The van der Waals surface area contributed by atoms with Crippen LogP contribution in [0.1, 0.15) is 66.5 Å². The smallest absolute Gasteiger partial charge is 0.0444 e. The third kappa shape index (κ3) is 3.76. The van der Waals surface area contributed by atoms with Gasteiger partial charge in [0.1, 0.15) is 0 Å². The predicted octanol–water partition coefficient (Wildman–Crippen LogP) is 4.63. The summed E-state index contributed by atoms with van der Waals surface area (Å²) in [5.74, 6) is 0. The largest absolute Gasteiger partial charge is 0.372 e. The van der Waals surface area contributed by atoms with Crippen molar-refractivity contribution >= 4 is 20.2 Å². The number of rotatable bonds is 2. The molecule has 1 aromatic carbocycles. The van der Waals surface area contributed by atoms with E-state index in [2.05, 4.69) is 88.7 Å². The normalized spacial score (nSPS) is 12.9. The molecule has 0 aromatic heterocycles. The van der Waals surface area contributed by atoms with Crippen LogP contribution in [0.3, 0.4) is 0 Å². The van der Waals surface area contributed by atoms with Crippen molar-refractivity contribution in [3.63, 3.8) is 0 Å². The molecule has 0 N–H and O–H groups in total. The second-order valence-corrected chi connectivity index (χ2v) is 8.74. The fourth-order valence-electron chi connectivity index (χ4n) is 2.26. The summed E-state index contributed by atoms with van der Waals surface area (Å²) in [5, 5.41) is 1.33. The third-order valence-corrected chi connectivity index (χ3v) is 4.59. The van der Waals surface area contributed by atoms with E-state index in [4.69, 9.17) is 0 Å². The molecule has 1 nitrogen and oxygen atoms in total. The maximum Gasteiger partial charge on any atom is 0.0444 e. The summed E-state index contributed by atoms with van der Waals surface area (Å²) in [6, 6.07) is 5.25. The van der Waals surface area contributed by atoms with Gasteiger partial charge in [0.05, 0.1) is 0 Å². The van der Waals surface area contributed by atoms with E-state index < -0.39 is 0 Å². The Kier molecular flexibility index (Phi) is 4.97. The first-order chi connectivity index (χ1) is 8.85. The maximum atomic E-state index is 2.97. The summed E-state index contributed by atoms with van der Waals surface area (Å²) >= 11 is 0. The van der Waals surface area contributed by atoms with Gasteiger partial charge in [-0.15, -0.1) is 9.24 Å². The van der Waals surface area contributed by atoms with Crippen molar-refractivity contribution in [2.75, 3.05) is 11.9 Å². The minimum atomic E-state index is 0.158. The second kappa shape index (κ2) is 5.68. The SMILES string of the molecule is CC(C)N(C)c1cc(C(C)(C)C)cc(C(C)(C)C)c1P. The summed E-state index contributed by atoms with van der Waals surface area (Å²) in [7, 11) is 5.15. The molecule has 0 aliphatic heterocycles. The first kappa shape index (κ1) is 17.5. The summed E-state index contributed by atoms with van der Waals surface area (Å²) in [4.78, 5) is 2.37. The summed E-state index contributed by atoms with van der Waals surface area (Å²) in [6.45, 7) is 18.2. The lowest BCUT2D eigenvalue weighted by Crippen LogP contribution is -2.32. The fourth-order valence-corrected chi connectivity index (χ4v) is 3.06. The van der Waals surface area contributed by atoms with Crippen LogP contribution in [0, 0.1) is 0 Å². The molecular formula is C18H32NP. The molecule has 0 bridgehead atoms. The van der Waals surface area contributed by atoms with Crippen molar-refractivity contribution in [3.05, 3.63) is 23.3 Å². The van der Waals surface area contributed by atoms with Crippen molar-refractivity contribution in [2.45, 2.75) is 72.3 Å². The Morgan fingerprint density at radius 1 is 0.950 bits per heavy atom. The van der Waals surface area contributed by atoms with Gasteiger partial charge in [0.2, 0.25) is 0 Å². The van der Waals surface area contributed by atoms with E-state index in [9.17, 15) is 0 Å². The molecular weight excluding hydrogens is 261 g/mol. The van der Waals surface area contributed by atoms with Gasteiger partial charge >= 0.3 is 0 Å².